The molecule has 0 fully saturated rings. The van der Waals surface area contributed by atoms with Crippen LogP contribution in [0.15, 0.2) is 53.3 Å². The van der Waals surface area contributed by atoms with Crippen LogP contribution < -0.4 is 10.3 Å². The summed E-state index contributed by atoms with van der Waals surface area (Å²) in [5, 5.41) is 5.78. The number of benzene rings is 2. The summed E-state index contributed by atoms with van der Waals surface area (Å²) in [5.41, 5.74) is 2.20. The molecule has 0 N–H and O–H groups in total. The van der Waals surface area contributed by atoms with Gasteiger partial charge >= 0.3 is 0 Å². The fraction of sp³-hybridized carbons (Fsp3) is 0.440. The molecule has 3 rings (SSSR count). The Kier molecular flexibility index (Phi) is 9.73. The van der Waals surface area contributed by atoms with Crippen LogP contribution in [0.4, 0.5) is 0 Å². The summed E-state index contributed by atoms with van der Waals surface area (Å²) in [6.45, 7) is 8.20. The second-order valence-electron chi connectivity index (χ2n) is 7.68. The van der Waals surface area contributed by atoms with Crippen LogP contribution in [0.2, 0.25) is 0 Å². The third-order valence-corrected chi connectivity index (χ3v) is 4.79. The molecule has 0 spiro atoms. The van der Waals surface area contributed by atoms with Crippen LogP contribution in [-0.2, 0) is 7.05 Å². The van der Waals surface area contributed by atoms with Gasteiger partial charge in [-0.05, 0) is 65.0 Å². The fourth-order valence-corrected chi connectivity index (χ4v) is 3.42. The van der Waals surface area contributed by atoms with Gasteiger partial charge in [0.2, 0.25) is 0 Å². The van der Waals surface area contributed by atoms with E-state index >= 15 is 0 Å². The molecule has 1 aromatic heterocycles. The van der Waals surface area contributed by atoms with Gasteiger partial charge in [-0.3, -0.25) is 4.79 Å². The van der Waals surface area contributed by atoms with Gasteiger partial charge in [-0.15, -0.1) is 0 Å². The Balaban J connectivity index is 0.000000295. The van der Waals surface area contributed by atoms with Crippen molar-refractivity contribution in [1.29, 1.82) is 0 Å². The summed E-state index contributed by atoms with van der Waals surface area (Å²) in [6, 6.07) is 16.4. The highest BCUT2D eigenvalue weighted by Gasteiger charge is 2.11. The van der Waals surface area contributed by atoms with Gasteiger partial charge in [0.05, 0.1) is 17.2 Å². The number of hydrogen-bond acceptors (Lipinski definition) is 4. The Morgan fingerprint density at radius 2 is 1.60 bits per heavy atom. The quantitative estimate of drug-likeness (QED) is 0.567. The van der Waals surface area contributed by atoms with Crippen LogP contribution in [0.5, 0.6) is 5.75 Å². The van der Waals surface area contributed by atoms with E-state index in [1.807, 2.05) is 45.0 Å². The van der Waals surface area contributed by atoms with Gasteiger partial charge in [-0.25, -0.2) is 4.68 Å². The Bertz CT molecular complexity index is 976. The van der Waals surface area contributed by atoms with E-state index in [0.717, 1.165) is 28.6 Å². The lowest BCUT2D eigenvalue weighted by Crippen LogP contribution is -2.20. The normalized spacial score (nSPS) is 11.6. The van der Waals surface area contributed by atoms with Gasteiger partial charge in [0.25, 0.3) is 5.56 Å². The predicted molar refractivity (Wildman–Crippen MR) is 127 cm³/mol. The van der Waals surface area contributed by atoms with E-state index in [2.05, 4.69) is 55.3 Å². The topological polar surface area (TPSA) is 47.4 Å². The number of ether oxygens (including phenoxy) is 1. The van der Waals surface area contributed by atoms with E-state index in [0.29, 0.717) is 6.04 Å². The van der Waals surface area contributed by atoms with E-state index in [1.54, 1.807) is 7.05 Å². The summed E-state index contributed by atoms with van der Waals surface area (Å²) >= 11 is 0. The molecule has 0 aliphatic carbocycles. The molecule has 1 heterocycles. The van der Waals surface area contributed by atoms with Crippen molar-refractivity contribution in [2.45, 2.75) is 53.7 Å². The maximum atomic E-state index is 11.6. The molecular formula is C25H37N3O2. The lowest BCUT2D eigenvalue weighted by molar-refractivity contribution is 0.242. The highest BCUT2D eigenvalue weighted by molar-refractivity contribution is 5.83. The van der Waals surface area contributed by atoms with Crippen molar-refractivity contribution in [3.05, 3.63) is 70.1 Å². The van der Waals surface area contributed by atoms with Crippen molar-refractivity contribution < 1.29 is 4.74 Å². The molecule has 0 saturated heterocycles. The third-order valence-electron chi connectivity index (χ3n) is 4.79. The van der Waals surface area contributed by atoms with E-state index in [9.17, 15) is 4.79 Å². The molecule has 0 amide bonds. The molecule has 1 atom stereocenters. The monoisotopic (exact) mass is 411 g/mol. The summed E-state index contributed by atoms with van der Waals surface area (Å²) in [7, 11) is 5.90. The van der Waals surface area contributed by atoms with Crippen molar-refractivity contribution in [3.63, 3.8) is 0 Å². The first-order chi connectivity index (χ1) is 13.7. The lowest BCUT2D eigenvalue weighted by Gasteiger charge is -2.23. The Labute approximate surface area is 181 Å². The Morgan fingerprint density at radius 1 is 1.03 bits per heavy atom. The van der Waals surface area contributed by atoms with Gasteiger partial charge < -0.3 is 9.64 Å². The van der Waals surface area contributed by atoms with Crippen molar-refractivity contribution in [2.24, 2.45) is 7.05 Å². The molecule has 1 unspecified atom stereocenters. The zero-order chi connectivity index (χ0) is 21.6. The van der Waals surface area contributed by atoms with Crippen LogP contribution in [0, 0.1) is 6.92 Å². The second-order valence-corrected chi connectivity index (χ2v) is 7.68. The van der Waals surface area contributed by atoms with E-state index < -0.39 is 0 Å². The molecule has 0 aliphatic rings. The smallest absolute Gasteiger partial charge is 0.274 e. The standard InChI is InChI=1S/C14H23NO.C10H10N2O.CH4/c1-6-14(15(4)5)12-7-9-13(10-8-12)16-11(2)3;1-7-8-5-3-4-6-9(8)10(13)12(2)11-7;/h7-11,14H,6H2,1-5H3;3-6H,1-2H3;1H4. The van der Waals surface area contributed by atoms with E-state index in [4.69, 9.17) is 4.74 Å². The molecule has 30 heavy (non-hydrogen) atoms. The SMILES string of the molecule is C.CCC(c1ccc(OC(C)C)cc1)N(C)C.Cc1nn(C)c(=O)c2ccccc12. The van der Waals surface area contributed by atoms with Gasteiger partial charge in [-0.1, -0.05) is 44.7 Å². The van der Waals surface area contributed by atoms with Crippen molar-refractivity contribution in [1.82, 2.24) is 14.7 Å². The first kappa shape index (κ1) is 25.4. The number of nitrogens with zero attached hydrogens (tertiary/aromatic N) is 3. The average Bonchev–Trinajstić information content (AvgIpc) is 2.68. The minimum Gasteiger partial charge on any atom is -0.491 e. The number of aryl methyl sites for hydroxylation is 2. The van der Waals surface area contributed by atoms with Gasteiger partial charge in [0, 0.05) is 18.5 Å². The average molecular weight is 412 g/mol. The number of hydrogen-bond donors (Lipinski definition) is 0. The van der Waals surface area contributed by atoms with Crippen molar-refractivity contribution in [2.75, 3.05) is 14.1 Å². The van der Waals surface area contributed by atoms with Crippen LogP contribution in [-0.4, -0.2) is 34.9 Å². The van der Waals surface area contributed by atoms with Gasteiger partial charge in [0.1, 0.15) is 5.75 Å². The zero-order valence-electron chi connectivity index (χ0n) is 18.6. The number of aromatic nitrogens is 2. The highest BCUT2D eigenvalue weighted by Crippen LogP contribution is 2.24. The van der Waals surface area contributed by atoms with Crippen LogP contribution >= 0.6 is 0 Å². The molecular weight excluding hydrogens is 374 g/mol. The van der Waals surface area contributed by atoms with E-state index in [1.165, 1.54) is 10.2 Å². The van der Waals surface area contributed by atoms with Crippen LogP contribution in [0.25, 0.3) is 10.8 Å². The molecule has 0 aliphatic heterocycles. The molecule has 5 nitrogen and oxygen atoms in total. The molecule has 0 saturated carbocycles. The number of fused-ring (bicyclic) bond motifs is 1. The zero-order valence-corrected chi connectivity index (χ0v) is 18.6. The number of rotatable bonds is 5. The molecule has 3 aromatic rings. The predicted octanol–water partition coefficient (Wildman–Crippen LogP) is 5.36. The first-order valence-electron chi connectivity index (χ1n) is 10.1. The summed E-state index contributed by atoms with van der Waals surface area (Å²) in [4.78, 5) is 13.8. The Hall–Kier alpha value is -2.66. The van der Waals surface area contributed by atoms with Crippen molar-refractivity contribution >= 4 is 10.8 Å². The van der Waals surface area contributed by atoms with Crippen LogP contribution in [0.3, 0.4) is 0 Å². The highest BCUT2D eigenvalue weighted by atomic mass is 16.5. The van der Waals surface area contributed by atoms with Gasteiger partial charge in [0.15, 0.2) is 0 Å². The Morgan fingerprint density at radius 3 is 2.10 bits per heavy atom. The van der Waals surface area contributed by atoms with Gasteiger partial charge in [-0.2, -0.15) is 5.10 Å². The second kappa shape index (κ2) is 11.5. The lowest BCUT2D eigenvalue weighted by atomic mass is 10.0. The summed E-state index contributed by atoms with van der Waals surface area (Å²) in [6.07, 6.45) is 1.36. The van der Waals surface area contributed by atoms with Crippen LogP contribution in [0.1, 0.15) is 51.9 Å². The third kappa shape index (κ3) is 6.42. The minimum atomic E-state index is -0.0406. The molecule has 5 heteroatoms. The molecule has 164 valence electrons. The fourth-order valence-electron chi connectivity index (χ4n) is 3.42. The van der Waals surface area contributed by atoms with Crippen molar-refractivity contribution in [3.8, 4) is 5.75 Å². The summed E-state index contributed by atoms with van der Waals surface area (Å²) in [5.74, 6) is 0.951. The maximum Gasteiger partial charge on any atom is 0.274 e. The molecule has 2 aromatic carbocycles. The first-order valence-corrected chi connectivity index (χ1v) is 10.1. The summed E-state index contributed by atoms with van der Waals surface area (Å²) < 4.78 is 7.00. The van der Waals surface area contributed by atoms with E-state index in [-0.39, 0.29) is 19.1 Å². The molecule has 0 radical (unpaired) electrons. The minimum absolute atomic E-state index is 0. The maximum absolute atomic E-state index is 11.6. The largest absolute Gasteiger partial charge is 0.491 e. The molecule has 0 bridgehead atoms.